The maximum atomic E-state index is 14.2. The highest BCUT2D eigenvalue weighted by Crippen LogP contribution is 2.34. The van der Waals surface area contributed by atoms with Crippen LogP contribution in [0.4, 0.5) is 20.7 Å². The minimum Gasteiger partial charge on any atom is -0.494 e. The molecule has 2 amide bonds. The summed E-state index contributed by atoms with van der Waals surface area (Å²) in [6, 6.07) is 10.0. The van der Waals surface area contributed by atoms with Gasteiger partial charge in [0.15, 0.2) is 0 Å². The highest BCUT2D eigenvalue weighted by atomic mass is 19.1. The molecule has 2 aromatic carbocycles. The van der Waals surface area contributed by atoms with Gasteiger partial charge >= 0.3 is 6.03 Å². The van der Waals surface area contributed by atoms with Gasteiger partial charge in [0, 0.05) is 36.1 Å². The number of hydrogen-bond donors (Lipinski definition) is 2. The number of likely N-dealkylation sites (tertiary alicyclic amines) is 1. The summed E-state index contributed by atoms with van der Waals surface area (Å²) >= 11 is 0. The number of aromatic nitrogens is 2. The predicted molar refractivity (Wildman–Crippen MR) is 127 cm³/mol. The smallest absolute Gasteiger partial charge is 0.322 e. The number of nitrogens with one attached hydrogen (secondary N) is 2. The van der Waals surface area contributed by atoms with E-state index < -0.39 is 0 Å². The molecule has 0 bridgehead atoms. The van der Waals surface area contributed by atoms with Gasteiger partial charge in [0.2, 0.25) is 0 Å². The van der Waals surface area contributed by atoms with Crippen molar-refractivity contribution in [3.8, 4) is 5.75 Å². The van der Waals surface area contributed by atoms with E-state index in [9.17, 15) is 9.18 Å². The number of amides is 2. The first-order valence-corrected chi connectivity index (χ1v) is 10.9. The van der Waals surface area contributed by atoms with Crippen LogP contribution in [-0.2, 0) is 0 Å². The molecule has 2 heterocycles. The second-order valence-corrected chi connectivity index (χ2v) is 8.46. The number of fused-ring (bicyclic) bond motifs is 1. The Labute approximate surface area is 192 Å². The number of rotatable bonds is 6. The first-order valence-electron chi connectivity index (χ1n) is 10.9. The van der Waals surface area contributed by atoms with Gasteiger partial charge in [-0.05, 0) is 39.6 Å². The quantitative estimate of drug-likeness (QED) is 0.586. The lowest BCUT2D eigenvalue weighted by Gasteiger charge is -2.21. The van der Waals surface area contributed by atoms with Gasteiger partial charge < -0.3 is 25.2 Å². The van der Waals surface area contributed by atoms with Gasteiger partial charge in [0.05, 0.1) is 24.4 Å². The zero-order chi connectivity index (χ0) is 23.5. The predicted octanol–water partition coefficient (Wildman–Crippen LogP) is 4.12. The number of benzene rings is 2. The summed E-state index contributed by atoms with van der Waals surface area (Å²) in [5.74, 6) is 0.765. The molecule has 1 fully saturated rings. The number of nitrogens with zero attached hydrogens (tertiary/aromatic N) is 4. The Kier molecular flexibility index (Phi) is 6.60. The molecule has 1 saturated heterocycles. The number of methoxy groups -OCH3 is 1. The highest BCUT2D eigenvalue weighted by molar-refractivity contribution is 5.98. The molecule has 2 atom stereocenters. The molecule has 3 aromatic rings. The number of hydrogen-bond acceptors (Lipinski definition) is 6. The standard InChI is InChI=1S/C24H29FN6O2/c1-15(17-7-5-6-8-19(17)25)28-23-18-11-21(22(33-4)12-20(18)26-14-27-23)29-24(32)31-10-9-16(13-31)30(2)3/h5-8,11-12,14-16H,9-10,13H2,1-4H3,(H,29,32)(H,26,27,28). The largest absolute Gasteiger partial charge is 0.494 e. The Balaban J connectivity index is 1.61. The number of urea groups is 1. The van der Waals surface area contributed by atoms with Crippen molar-refractivity contribution in [2.24, 2.45) is 0 Å². The molecule has 2 unspecified atom stereocenters. The van der Waals surface area contributed by atoms with Crippen molar-refractivity contribution in [2.45, 2.75) is 25.4 Å². The van der Waals surface area contributed by atoms with E-state index >= 15 is 0 Å². The summed E-state index contributed by atoms with van der Waals surface area (Å²) < 4.78 is 19.8. The summed E-state index contributed by atoms with van der Waals surface area (Å²) in [5.41, 5.74) is 1.72. The van der Waals surface area contributed by atoms with Crippen molar-refractivity contribution in [1.82, 2.24) is 19.8 Å². The fraction of sp³-hybridized carbons (Fsp3) is 0.375. The molecule has 0 spiro atoms. The SMILES string of the molecule is COc1cc2ncnc(NC(C)c3ccccc3F)c2cc1NC(=O)N1CCC(N(C)C)C1. The average molecular weight is 453 g/mol. The first kappa shape index (κ1) is 22.7. The molecule has 1 aliphatic heterocycles. The number of ether oxygens (including phenoxy) is 1. The number of carbonyl (C=O) groups excluding carboxylic acids is 1. The zero-order valence-corrected chi connectivity index (χ0v) is 19.3. The number of anilines is 2. The Hall–Kier alpha value is -3.46. The van der Waals surface area contributed by atoms with Gasteiger partial charge in [0.1, 0.15) is 23.7 Å². The molecular weight excluding hydrogens is 423 g/mol. The second-order valence-electron chi connectivity index (χ2n) is 8.46. The molecule has 8 nitrogen and oxygen atoms in total. The molecule has 0 aliphatic carbocycles. The van der Waals surface area contributed by atoms with E-state index in [1.807, 2.05) is 21.0 Å². The van der Waals surface area contributed by atoms with Crippen molar-refractivity contribution in [3.05, 3.63) is 54.1 Å². The topological polar surface area (TPSA) is 82.6 Å². The van der Waals surface area contributed by atoms with Gasteiger partial charge in [0.25, 0.3) is 0 Å². The monoisotopic (exact) mass is 452 g/mol. The third-order valence-corrected chi connectivity index (χ3v) is 6.10. The Morgan fingerprint density at radius 2 is 2.06 bits per heavy atom. The molecule has 4 rings (SSSR count). The molecule has 33 heavy (non-hydrogen) atoms. The highest BCUT2D eigenvalue weighted by Gasteiger charge is 2.28. The fourth-order valence-electron chi connectivity index (χ4n) is 4.12. The van der Waals surface area contributed by atoms with Crippen molar-refractivity contribution in [3.63, 3.8) is 0 Å². The van der Waals surface area contributed by atoms with Crippen LogP contribution in [0.15, 0.2) is 42.7 Å². The summed E-state index contributed by atoms with van der Waals surface area (Å²) in [4.78, 5) is 25.6. The maximum absolute atomic E-state index is 14.2. The molecule has 2 N–H and O–H groups in total. The van der Waals surface area contributed by atoms with Gasteiger partial charge in [-0.2, -0.15) is 0 Å². The van der Waals surface area contributed by atoms with E-state index in [1.165, 1.54) is 12.4 Å². The minimum atomic E-state index is -0.322. The van der Waals surface area contributed by atoms with Crippen LogP contribution in [0.5, 0.6) is 5.75 Å². The Bertz CT molecular complexity index is 1160. The van der Waals surface area contributed by atoms with Crippen molar-refractivity contribution in [1.29, 1.82) is 0 Å². The van der Waals surface area contributed by atoms with Crippen LogP contribution in [0.1, 0.15) is 24.9 Å². The van der Waals surface area contributed by atoms with E-state index in [4.69, 9.17) is 4.74 Å². The van der Waals surface area contributed by atoms with Gasteiger partial charge in [-0.25, -0.2) is 19.2 Å². The summed E-state index contributed by atoms with van der Waals surface area (Å²) in [6.45, 7) is 3.23. The van der Waals surface area contributed by atoms with Gasteiger partial charge in [-0.3, -0.25) is 0 Å². The fourth-order valence-corrected chi connectivity index (χ4v) is 4.12. The van der Waals surface area contributed by atoms with Gasteiger partial charge in [-0.15, -0.1) is 0 Å². The van der Waals surface area contributed by atoms with Crippen LogP contribution in [-0.4, -0.2) is 66.1 Å². The van der Waals surface area contributed by atoms with Crippen molar-refractivity contribution in [2.75, 3.05) is 44.9 Å². The Morgan fingerprint density at radius 1 is 1.27 bits per heavy atom. The second kappa shape index (κ2) is 9.58. The third kappa shape index (κ3) is 4.83. The van der Waals surface area contributed by atoms with E-state index in [-0.39, 0.29) is 17.9 Å². The normalized spacial score (nSPS) is 16.8. The van der Waals surface area contributed by atoms with E-state index in [0.29, 0.717) is 52.9 Å². The van der Waals surface area contributed by atoms with Crippen LogP contribution in [0, 0.1) is 5.82 Å². The van der Waals surface area contributed by atoms with E-state index in [0.717, 1.165) is 6.42 Å². The molecule has 0 radical (unpaired) electrons. The molecular formula is C24H29FN6O2. The van der Waals surface area contributed by atoms with Crippen LogP contribution in [0.25, 0.3) is 10.9 Å². The summed E-state index contributed by atoms with van der Waals surface area (Å²) in [7, 11) is 5.60. The molecule has 0 saturated carbocycles. The lowest BCUT2D eigenvalue weighted by Crippen LogP contribution is -2.36. The number of likely N-dealkylation sites (N-methyl/N-ethyl adjacent to an activating group) is 1. The maximum Gasteiger partial charge on any atom is 0.322 e. The minimum absolute atomic E-state index is 0.178. The van der Waals surface area contributed by atoms with Crippen molar-refractivity contribution < 1.29 is 13.9 Å². The molecule has 174 valence electrons. The lowest BCUT2D eigenvalue weighted by molar-refractivity contribution is 0.216. The summed E-state index contributed by atoms with van der Waals surface area (Å²) in [6.07, 6.45) is 2.38. The molecule has 1 aliphatic rings. The third-order valence-electron chi connectivity index (χ3n) is 6.10. The van der Waals surface area contributed by atoms with E-state index in [1.54, 1.807) is 42.3 Å². The summed E-state index contributed by atoms with van der Waals surface area (Å²) in [5, 5.41) is 6.95. The molecule has 9 heteroatoms. The van der Waals surface area contributed by atoms with Crippen LogP contribution >= 0.6 is 0 Å². The van der Waals surface area contributed by atoms with Crippen LogP contribution in [0.3, 0.4) is 0 Å². The first-order chi connectivity index (χ1) is 15.9. The van der Waals surface area contributed by atoms with Crippen LogP contribution in [0.2, 0.25) is 0 Å². The Morgan fingerprint density at radius 3 is 2.76 bits per heavy atom. The average Bonchev–Trinajstić information content (AvgIpc) is 3.30. The van der Waals surface area contributed by atoms with E-state index in [2.05, 4.69) is 25.5 Å². The number of halogens is 1. The molecule has 1 aromatic heterocycles. The zero-order valence-electron chi connectivity index (χ0n) is 19.3. The lowest BCUT2D eigenvalue weighted by atomic mass is 10.1. The van der Waals surface area contributed by atoms with Crippen molar-refractivity contribution >= 4 is 28.4 Å². The number of carbonyl (C=O) groups is 1. The van der Waals surface area contributed by atoms with Gasteiger partial charge in [-0.1, -0.05) is 18.2 Å². The van der Waals surface area contributed by atoms with Crippen LogP contribution < -0.4 is 15.4 Å².